The minimum Gasteiger partial charge on any atom is -0.394 e. The van der Waals surface area contributed by atoms with Gasteiger partial charge in [-0.1, -0.05) is 50.1 Å². The maximum Gasteiger partial charge on any atom is 0.233 e. The summed E-state index contributed by atoms with van der Waals surface area (Å²) in [5, 5.41) is 9.66. The van der Waals surface area contributed by atoms with Gasteiger partial charge in [0.2, 0.25) is 5.91 Å². The van der Waals surface area contributed by atoms with Crippen molar-refractivity contribution >= 4 is 5.91 Å². The first-order chi connectivity index (χ1) is 10.2. The molecule has 0 radical (unpaired) electrons. The summed E-state index contributed by atoms with van der Waals surface area (Å²) in [6, 6.07) is 10.2. The summed E-state index contributed by atoms with van der Waals surface area (Å²) in [7, 11) is 0. The Balaban J connectivity index is 1.93. The van der Waals surface area contributed by atoms with Gasteiger partial charge in [-0.3, -0.25) is 4.79 Å². The van der Waals surface area contributed by atoms with Crippen LogP contribution in [0.25, 0.3) is 0 Å². The van der Waals surface area contributed by atoms with Crippen molar-refractivity contribution in [2.75, 3.05) is 13.2 Å². The molecule has 1 aromatic carbocycles. The van der Waals surface area contributed by atoms with Crippen LogP contribution in [0.15, 0.2) is 30.3 Å². The van der Waals surface area contributed by atoms with Crippen molar-refractivity contribution in [2.45, 2.75) is 50.5 Å². The Morgan fingerprint density at radius 2 is 1.95 bits per heavy atom. The van der Waals surface area contributed by atoms with E-state index in [1.807, 2.05) is 23.1 Å². The number of likely N-dealkylation sites (tertiary alicyclic amines) is 1. The van der Waals surface area contributed by atoms with E-state index in [1.165, 1.54) is 0 Å². The summed E-state index contributed by atoms with van der Waals surface area (Å²) in [6.45, 7) is 3.01. The van der Waals surface area contributed by atoms with Crippen molar-refractivity contribution in [2.24, 2.45) is 5.92 Å². The highest BCUT2D eigenvalue weighted by Gasteiger charge is 2.48. The van der Waals surface area contributed by atoms with Gasteiger partial charge in [0.05, 0.1) is 18.1 Å². The molecule has 3 nitrogen and oxygen atoms in total. The Labute approximate surface area is 127 Å². The van der Waals surface area contributed by atoms with Gasteiger partial charge in [-0.15, -0.1) is 0 Å². The smallest absolute Gasteiger partial charge is 0.233 e. The van der Waals surface area contributed by atoms with Crippen LogP contribution in [0, 0.1) is 5.92 Å². The number of aliphatic hydroxyl groups is 1. The number of hydrogen-bond donors (Lipinski definition) is 1. The zero-order valence-electron chi connectivity index (χ0n) is 12.8. The second-order valence-electron chi connectivity index (χ2n) is 6.67. The highest BCUT2D eigenvalue weighted by molar-refractivity contribution is 5.89. The summed E-state index contributed by atoms with van der Waals surface area (Å²) in [6.07, 6.45) is 5.13. The summed E-state index contributed by atoms with van der Waals surface area (Å²) < 4.78 is 0. The lowest BCUT2D eigenvalue weighted by Crippen LogP contribution is -2.49. The van der Waals surface area contributed by atoms with Gasteiger partial charge in [0.15, 0.2) is 0 Å². The second kappa shape index (κ2) is 5.80. The Kier molecular flexibility index (Phi) is 4.03. The minimum atomic E-state index is -0.348. The molecule has 0 aromatic heterocycles. The molecule has 1 saturated carbocycles. The zero-order valence-corrected chi connectivity index (χ0v) is 12.8. The van der Waals surface area contributed by atoms with E-state index in [1.54, 1.807) is 0 Å². The maximum absolute atomic E-state index is 13.3. The van der Waals surface area contributed by atoms with Crippen LogP contribution >= 0.6 is 0 Å². The van der Waals surface area contributed by atoms with E-state index >= 15 is 0 Å². The molecule has 21 heavy (non-hydrogen) atoms. The fourth-order valence-electron chi connectivity index (χ4n) is 4.18. The van der Waals surface area contributed by atoms with Crippen molar-refractivity contribution < 1.29 is 9.90 Å². The topological polar surface area (TPSA) is 40.5 Å². The zero-order chi connectivity index (χ0) is 14.9. The Morgan fingerprint density at radius 1 is 1.29 bits per heavy atom. The number of carbonyl (C=O) groups is 1. The highest BCUT2D eigenvalue weighted by atomic mass is 16.3. The monoisotopic (exact) mass is 287 g/mol. The van der Waals surface area contributed by atoms with Crippen LogP contribution in [-0.4, -0.2) is 35.1 Å². The molecular weight excluding hydrogens is 262 g/mol. The third-order valence-corrected chi connectivity index (χ3v) is 5.52. The lowest BCUT2D eigenvalue weighted by atomic mass is 9.77. The van der Waals surface area contributed by atoms with Crippen molar-refractivity contribution in [3.05, 3.63) is 35.9 Å². The van der Waals surface area contributed by atoms with Crippen LogP contribution in [0.3, 0.4) is 0 Å². The Hall–Kier alpha value is -1.35. The van der Waals surface area contributed by atoms with E-state index < -0.39 is 0 Å². The molecule has 2 unspecified atom stereocenters. The van der Waals surface area contributed by atoms with E-state index in [9.17, 15) is 9.90 Å². The number of aliphatic hydroxyl groups excluding tert-OH is 1. The summed E-state index contributed by atoms with van der Waals surface area (Å²) in [5.41, 5.74) is 0.808. The molecule has 1 N–H and O–H groups in total. The van der Waals surface area contributed by atoms with E-state index in [0.717, 1.165) is 44.2 Å². The van der Waals surface area contributed by atoms with Gasteiger partial charge in [-0.05, 0) is 30.7 Å². The maximum atomic E-state index is 13.3. The van der Waals surface area contributed by atoms with Crippen LogP contribution in [0.2, 0.25) is 0 Å². The third-order valence-electron chi connectivity index (χ3n) is 5.52. The minimum absolute atomic E-state index is 0.00122. The largest absolute Gasteiger partial charge is 0.394 e. The molecule has 3 rings (SSSR count). The number of benzene rings is 1. The molecule has 2 atom stereocenters. The van der Waals surface area contributed by atoms with Gasteiger partial charge >= 0.3 is 0 Å². The molecule has 1 aromatic rings. The van der Waals surface area contributed by atoms with Crippen molar-refractivity contribution in [3.63, 3.8) is 0 Å². The molecule has 2 aliphatic rings. The Bertz CT molecular complexity index is 493. The van der Waals surface area contributed by atoms with Crippen LogP contribution in [0.5, 0.6) is 0 Å². The first kappa shape index (κ1) is 14.6. The molecule has 0 bridgehead atoms. The number of amides is 1. The standard InChI is InChI=1S/C18H25NO2/c1-14-9-12-19(16(14)13-20)17(21)18(10-5-6-11-18)15-7-3-2-4-8-15/h2-4,7-8,14,16,20H,5-6,9-13H2,1H3. The Morgan fingerprint density at radius 3 is 2.57 bits per heavy atom. The second-order valence-corrected chi connectivity index (χ2v) is 6.67. The van der Waals surface area contributed by atoms with Gasteiger partial charge in [0, 0.05) is 6.54 Å². The first-order valence-electron chi connectivity index (χ1n) is 8.16. The molecule has 0 spiro atoms. The van der Waals surface area contributed by atoms with E-state index in [2.05, 4.69) is 19.1 Å². The molecule has 3 heteroatoms. The normalized spacial score (nSPS) is 28.0. The van der Waals surface area contributed by atoms with E-state index in [0.29, 0.717) is 5.92 Å². The summed E-state index contributed by atoms with van der Waals surface area (Å²) in [5.74, 6) is 0.641. The molecule has 1 amide bonds. The number of hydrogen-bond acceptors (Lipinski definition) is 2. The quantitative estimate of drug-likeness (QED) is 0.928. The fourth-order valence-corrected chi connectivity index (χ4v) is 4.18. The molecule has 1 heterocycles. The van der Waals surface area contributed by atoms with Gasteiger partial charge in [-0.2, -0.15) is 0 Å². The van der Waals surface area contributed by atoms with Crippen molar-refractivity contribution in [1.29, 1.82) is 0 Å². The number of carbonyl (C=O) groups excluding carboxylic acids is 1. The predicted molar refractivity (Wildman–Crippen MR) is 83.0 cm³/mol. The van der Waals surface area contributed by atoms with Crippen LogP contribution in [0.1, 0.15) is 44.6 Å². The van der Waals surface area contributed by atoms with Gasteiger partial charge in [0.25, 0.3) is 0 Å². The van der Waals surface area contributed by atoms with Crippen molar-refractivity contribution in [1.82, 2.24) is 4.90 Å². The molecule has 2 fully saturated rings. The summed E-state index contributed by atoms with van der Waals surface area (Å²) in [4.78, 5) is 15.3. The van der Waals surface area contributed by atoms with Crippen LogP contribution in [0.4, 0.5) is 0 Å². The first-order valence-corrected chi connectivity index (χ1v) is 8.16. The van der Waals surface area contributed by atoms with E-state index in [4.69, 9.17) is 0 Å². The number of rotatable bonds is 3. The average molecular weight is 287 g/mol. The van der Waals surface area contributed by atoms with Gasteiger partial charge in [0.1, 0.15) is 0 Å². The molecule has 114 valence electrons. The van der Waals surface area contributed by atoms with Gasteiger partial charge in [-0.25, -0.2) is 0 Å². The molecule has 1 saturated heterocycles. The fraction of sp³-hybridized carbons (Fsp3) is 0.611. The molecular formula is C18H25NO2. The third kappa shape index (κ3) is 2.38. The van der Waals surface area contributed by atoms with Crippen molar-refractivity contribution in [3.8, 4) is 0 Å². The van der Waals surface area contributed by atoms with Gasteiger partial charge < -0.3 is 10.0 Å². The molecule has 1 aliphatic carbocycles. The van der Waals surface area contributed by atoms with Crippen LogP contribution in [-0.2, 0) is 10.2 Å². The predicted octanol–water partition coefficient (Wildman–Crippen LogP) is 2.73. The number of nitrogens with zero attached hydrogens (tertiary/aromatic N) is 1. The average Bonchev–Trinajstić information content (AvgIpc) is 3.15. The lowest BCUT2D eigenvalue weighted by Gasteiger charge is -2.36. The highest BCUT2D eigenvalue weighted by Crippen LogP contribution is 2.44. The lowest BCUT2D eigenvalue weighted by molar-refractivity contribution is -0.139. The molecule has 1 aliphatic heterocycles. The summed E-state index contributed by atoms with van der Waals surface area (Å²) >= 11 is 0. The van der Waals surface area contributed by atoms with Crippen LogP contribution < -0.4 is 0 Å². The SMILES string of the molecule is CC1CCN(C(=O)C2(c3ccccc3)CCCC2)C1CO. The van der Waals surface area contributed by atoms with E-state index in [-0.39, 0.29) is 24.0 Å².